The lowest BCUT2D eigenvalue weighted by atomic mass is 9.93. The molecule has 0 saturated carbocycles. The SMILES string of the molecule is c1cc(Nc2ccc(-c3ccc4ccccc4c3)cc2)cc(-c2cc3ccccc3c3ccccc23)c1. The van der Waals surface area contributed by atoms with Crippen molar-refractivity contribution in [2.24, 2.45) is 0 Å². The molecule has 7 aromatic rings. The van der Waals surface area contributed by atoms with Crippen molar-refractivity contribution in [2.75, 3.05) is 5.32 Å². The van der Waals surface area contributed by atoms with Crippen molar-refractivity contribution in [3.05, 3.63) is 146 Å². The molecule has 0 aromatic heterocycles. The van der Waals surface area contributed by atoms with Crippen molar-refractivity contribution in [3.63, 3.8) is 0 Å². The number of hydrogen-bond acceptors (Lipinski definition) is 1. The molecule has 1 nitrogen and oxygen atoms in total. The normalized spacial score (nSPS) is 11.2. The summed E-state index contributed by atoms with van der Waals surface area (Å²) < 4.78 is 0. The maximum atomic E-state index is 3.61. The fraction of sp³-hybridized carbons (Fsp3) is 0. The van der Waals surface area contributed by atoms with E-state index in [2.05, 4.69) is 151 Å². The highest BCUT2D eigenvalue weighted by Crippen LogP contribution is 2.36. The summed E-state index contributed by atoms with van der Waals surface area (Å²) in [5.74, 6) is 0. The maximum Gasteiger partial charge on any atom is 0.0390 e. The number of benzene rings is 7. The van der Waals surface area contributed by atoms with Crippen LogP contribution in [0.15, 0.2) is 146 Å². The number of anilines is 2. The first kappa shape index (κ1) is 21.4. The summed E-state index contributed by atoms with van der Waals surface area (Å²) in [6.45, 7) is 0. The van der Waals surface area contributed by atoms with Crippen molar-refractivity contribution in [1.82, 2.24) is 0 Å². The van der Waals surface area contributed by atoms with E-state index in [1.165, 1.54) is 54.6 Å². The third-order valence-electron chi connectivity index (χ3n) is 7.20. The molecular weight excluding hydrogens is 446 g/mol. The number of rotatable bonds is 4. The smallest absolute Gasteiger partial charge is 0.0390 e. The summed E-state index contributed by atoms with van der Waals surface area (Å²) in [6.07, 6.45) is 0. The van der Waals surface area contributed by atoms with Gasteiger partial charge in [-0.05, 0) is 91.0 Å². The molecule has 0 heterocycles. The molecule has 0 fully saturated rings. The highest BCUT2D eigenvalue weighted by molar-refractivity contribution is 6.13. The van der Waals surface area contributed by atoms with Gasteiger partial charge in [0.25, 0.3) is 0 Å². The van der Waals surface area contributed by atoms with Crippen LogP contribution in [0.1, 0.15) is 0 Å². The minimum atomic E-state index is 1.07. The summed E-state index contributed by atoms with van der Waals surface area (Å²) in [4.78, 5) is 0. The number of hydrogen-bond donors (Lipinski definition) is 1. The molecule has 0 aliphatic rings. The Morgan fingerprint density at radius 3 is 1.84 bits per heavy atom. The Bertz CT molecular complexity index is 1900. The Balaban J connectivity index is 1.21. The molecule has 0 aliphatic heterocycles. The fourth-order valence-corrected chi connectivity index (χ4v) is 5.34. The van der Waals surface area contributed by atoms with Gasteiger partial charge in [-0.15, -0.1) is 0 Å². The van der Waals surface area contributed by atoms with Crippen molar-refractivity contribution < 1.29 is 0 Å². The van der Waals surface area contributed by atoms with E-state index >= 15 is 0 Å². The number of fused-ring (bicyclic) bond motifs is 4. The van der Waals surface area contributed by atoms with Crippen LogP contribution in [0, 0.1) is 0 Å². The van der Waals surface area contributed by atoms with Gasteiger partial charge in [0.1, 0.15) is 0 Å². The van der Waals surface area contributed by atoms with Crippen LogP contribution in [0.2, 0.25) is 0 Å². The zero-order valence-electron chi connectivity index (χ0n) is 20.4. The minimum absolute atomic E-state index is 1.07. The Morgan fingerprint density at radius 1 is 0.324 bits per heavy atom. The van der Waals surface area contributed by atoms with Crippen LogP contribution in [0.25, 0.3) is 54.6 Å². The summed E-state index contributed by atoms with van der Waals surface area (Å²) in [7, 11) is 0. The van der Waals surface area contributed by atoms with Crippen molar-refractivity contribution in [1.29, 1.82) is 0 Å². The quantitative estimate of drug-likeness (QED) is 0.252. The summed E-state index contributed by atoms with van der Waals surface area (Å²) in [5, 5.41) is 11.3. The first-order valence-electron chi connectivity index (χ1n) is 12.7. The molecular formula is C36H25N. The van der Waals surface area contributed by atoms with Gasteiger partial charge < -0.3 is 5.32 Å². The van der Waals surface area contributed by atoms with Crippen LogP contribution in [0.4, 0.5) is 11.4 Å². The first-order chi connectivity index (χ1) is 18.3. The summed E-state index contributed by atoms with van der Waals surface area (Å²) in [5.41, 5.74) is 7.06. The summed E-state index contributed by atoms with van der Waals surface area (Å²) in [6, 6.07) is 52.2. The Labute approximate surface area is 216 Å². The topological polar surface area (TPSA) is 12.0 Å². The van der Waals surface area contributed by atoms with E-state index in [0.717, 1.165) is 11.4 Å². The molecule has 7 rings (SSSR count). The second kappa shape index (κ2) is 8.96. The largest absolute Gasteiger partial charge is 0.356 e. The molecule has 0 aliphatic carbocycles. The minimum Gasteiger partial charge on any atom is -0.356 e. The third-order valence-corrected chi connectivity index (χ3v) is 7.20. The molecule has 0 unspecified atom stereocenters. The van der Waals surface area contributed by atoms with E-state index in [1.807, 2.05) is 0 Å². The van der Waals surface area contributed by atoms with Crippen LogP contribution in [-0.4, -0.2) is 0 Å². The molecule has 0 atom stereocenters. The van der Waals surface area contributed by atoms with Gasteiger partial charge >= 0.3 is 0 Å². The van der Waals surface area contributed by atoms with Crippen molar-refractivity contribution in [2.45, 2.75) is 0 Å². The van der Waals surface area contributed by atoms with E-state index < -0.39 is 0 Å². The Kier molecular flexibility index (Phi) is 5.19. The molecule has 37 heavy (non-hydrogen) atoms. The van der Waals surface area contributed by atoms with Crippen LogP contribution in [0.5, 0.6) is 0 Å². The van der Waals surface area contributed by atoms with Gasteiger partial charge in [-0.1, -0.05) is 109 Å². The van der Waals surface area contributed by atoms with Crippen LogP contribution in [-0.2, 0) is 0 Å². The molecule has 1 heteroatoms. The highest BCUT2D eigenvalue weighted by atomic mass is 14.9. The molecule has 0 spiro atoms. The second-order valence-corrected chi connectivity index (χ2v) is 9.54. The lowest BCUT2D eigenvalue weighted by molar-refractivity contribution is 1.54. The average Bonchev–Trinajstić information content (AvgIpc) is 2.97. The van der Waals surface area contributed by atoms with E-state index in [9.17, 15) is 0 Å². The van der Waals surface area contributed by atoms with Gasteiger partial charge in [-0.25, -0.2) is 0 Å². The van der Waals surface area contributed by atoms with Gasteiger partial charge in [-0.2, -0.15) is 0 Å². The van der Waals surface area contributed by atoms with Crippen molar-refractivity contribution >= 4 is 43.7 Å². The highest BCUT2D eigenvalue weighted by Gasteiger charge is 2.09. The lowest BCUT2D eigenvalue weighted by Crippen LogP contribution is -1.91. The van der Waals surface area contributed by atoms with E-state index in [-0.39, 0.29) is 0 Å². The molecule has 0 radical (unpaired) electrons. The standard InChI is InChI=1S/C36H25N/c1-2-9-27-22-28(17-16-25(27)8-1)26-18-20-31(21-19-26)37-32-12-7-11-29(23-32)36-24-30-10-3-4-13-33(30)34-14-5-6-15-35(34)36/h1-24,37H. The predicted octanol–water partition coefficient (Wildman–Crippen LogP) is 10.2. The first-order valence-corrected chi connectivity index (χ1v) is 12.7. The Morgan fingerprint density at radius 2 is 1.00 bits per heavy atom. The average molecular weight is 472 g/mol. The summed E-state index contributed by atoms with van der Waals surface area (Å²) >= 11 is 0. The molecule has 0 amide bonds. The monoisotopic (exact) mass is 471 g/mol. The van der Waals surface area contributed by atoms with E-state index in [0.29, 0.717) is 0 Å². The van der Waals surface area contributed by atoms with Gasteiger partial charge in [0.05, 0.1) is 0 Å². The van der Waals surface area contributed by atoms with Crippen LogP contribution in [0.3, 0.4) is 0 Å². The molecule has 174 valence electrons. The van der Waals surface area contributed by atoms with Crippen LogP contribution < -0.4 is 5.32 Å². The van der Waals surface area contributed by atoms with Gasteiger partial charge in [0.2, 0.25) is 0 Å². The zero-order valence-corrected chi connectivity index (χ0v) is 20.4. The van der Waals surface area contributed by atoms with Gasteiger partial charge in [0.15, 0.2) is 0 Å². The van der Waals surface area contributed by atoms with Crippen molar-refractivity contribution in [3.8, 4) is 22.3 Å². The van der Waals surface area contributed by atoms with Gasteiger partial charge in [0, 0.05) is 11.4 Å². The number of nitrogens with one attached hydrogen (secondary N) is 1. The fourth-order valence-electron chi connectivity index (χ4n) is 5.34. The third kappa shape index (κ3) is 4.01. The molecule has 1 N–H and O–H groups in total. The van der Waals surface area contributed by atoms with E-state index in [4.69, 9.17) is 0 Å². The Hall–Kier alpha value is -4.88. The predicted molar refractivity (Wildman–Crippen MR) is 160 cm³/mol. The maximum absolute atomic E-state index is 3.61. The zero-order chi connectivity index (χ0) is 24.6. The second-order valence-electron chi connectivity index (χ2n) is 9.54. The van der Waals surface area contributed by atoms with E-state index in [1.54, 1.807) is 0 Å². The van der Waals surface area contributed by atoms with Gasteiger partial charge in [-0.3, -0.25) is 0 Å². The molecule has 0 saturated heterocycles. The lowest BCUT2D eigenvalue weighted by Gasteiger charge is -2.13. The molecule has 0 bridgehead atoms. The van der Waals surface area contributed by atoms with Crippen LogP contribution >= 0.6 is 0 Å². The molecule has 7 aromatic carbocycles.